The van der Waals surface area contributed by atoms with Gasteiger partial charge in [0.25, 0.3) is 0 Å². The predicted octanol–water partition coefficient (Wildman–Crippen LogP) is 1.48. The first-order valence-corrected chi connectivity index (χ1v) is 8.96. The van der Waals surface area contributed by atoms with Gasteiger partial charge >= 0.3 is 6.36 Å². The molecule has 8 nitrogen and oxygen atoms in total. The largest absolute Gasteiger partial charge is 0.573 e. The molecule has 0 bridgehead atoms. The van der Waals surface area contributed by atoms with E-state index in [0.29, 0.717) is 5.69 Å². The van der Waals surface area contributed by atoms with E-state index < -0.39 is 28.2 Å². The fourth-order valence-electron chi connectivity index (χ4n) is 2.40. The lowest BCUT2D eigenvalue weighted by Crippen LogP contribution is -2.50. The summed E-state index contributed by atoms with van der Waals surface area (Å²) in [4.78, 5) is -0.131. The monoisotopic (exact) mass is 392 g/mol. The zero-order valence-corrected chi connectivity index (χ0v) is 14.3. The fraction of sp³-hybridized carbons (Fsp3) is 0.429. The molecule has 3 rings (SSSR count). The van der Waals surface area contributed by atoms with Crippen LogP contribution in [0.5, 0.6) is 5.75 Å². The second-order valence-electron chi connectivity index (χ2n) is 5.79. The standard InChI is InChI=1S/C14H15F3N4O4S/c1-9(22)13-8-21(19-18-13)10-6-20(7-10)26(23,24)12-4-2-11(3-5-12)25-14(15,16)17/h2-5,8-10,22H,6-7H2,1H3/t9-/m1/s1. The van der Waals surface area contributed by atoms with Crippen LogP contribution in [-0.4, -0.2) is 52.3 Å². The minimum atomic E-state index is -4.84. The Morgan fingerprint density at radius 3 is 2.38 bits per heavy atom. The first-order chi connectivity index (χ1) is 12.1. The number of ether oxygens (including phenoxy) is 1. The van der Waals surface area contributed by atoms with E-state index in [1.165, 1.54) is 15.9 Å². The molecular weight excluding hydrogens is 377 g/mol. The Morgan fingerprint density at radius 1 is 1.27 bits per heavy atom. The molecule has 2 aromatic rings. The lowest BCUT2D eigenvalue weighted by molar-refractivity contribution is -0.274. The van der Waals surface area contributed by atoms with Crippen molar-refractivity contribution in [3.8, 4) is 5.75 Å². The maximum atomic E-state index is 12.5. The minimum absolute atomic E-state index is 0.131. The Kier molecular flexibility index (Phi) is 4.67. The lowest BCUT2D eigenvalue weighted by Gasteiger charge is -2.37. The number of rotatable bonds is 5. The van der Waals surface area contributed by atoms with Crippen LogP contribution >= 0.6 is 0 Å². The van der Waals surface area contributed by atoms with Crippen molar-refractivity contribution in [1.82, 2.24) is 19.3 Å². The number of aliphatic hydroxyl groups is 1. The maximum absolute atomic E-state index is 12.5. The topological polar surface area (TPSA) is 97.5 Å². The molecule has 1 aliphatic rings. The number of hydrogen-bond donors (Lipinski definition) is 1. The van der Waals surface area contributed by atoms with Crippen LogP contribution in [0.2, 0.25) is 0 Å². The molecular formula is C14H15F3N4O4S. The normalized spacial score (nSPS) is 17.7. The number of halogens is 3. The molecule has 1 aromatic carbocycles. The molecule has 1 atom stereocenters. The summed E-state index contributed by atoms with van der Waals surface area (Å²) >= 11 is 0. The summed E-state index contributed by atoms with van der Waals surface area (Å²) < 4.78 is 67.8. The number of benzene rings is 1. The van der Waals surface area contributed by atoms with E-state index in [9.17, 15) is 26.7 Å². The van der Waals surface area contributed by atoms with Crippen LogP contribution in [0.25, 0.3) is 0 Å². The van der Waals surface area contributed by atoms with Gasteiger partial charge in [-0.2, -0.15) is 4.31 Å². The van der Waals surface area contributed by atoms with Crippen molar-refractivity contribution in [3.63, 3.8) is 0 Å². The van der Waals surface area contributed by atoms with Crippen molar-refractivity contribution in [2.45, 2.75) is 30.3 Å². The van der Waals surface area contributed by atoms with Crippen molar-refractivity contribution in [2.75, 3.05) is 13.1 Å². The van der Waals surface area contributed by atoms with Crippen LogP contribution < -0.4 is 4.74 Å². The number of aliphatic hydroxyl groups excluding tert-OH is 1. The number of aromatic nitrogens is 3. The third kappa shape index (κ3) is 3.81. The Balaban J connectivity index is 1.66. The van der Waals surface area contributed by atoms with Crippen molar-refractivity contribution < 1.29 is 31.4 Å². The fourth-order valence-corrected chi connectivity index (χ4v) is 3.92. The van der Waals surface area contributed by atoms with E-state index in [1.807, 2.05) is 0 Å². The molecule has 1 aromatic heterocycles. The second-order valence-corrected chi connectivity index (χ2v) is 7.73. The molecule has 0 amide bonds. The van der Waals surface area contributed by atoms with Gasteiger partial charge in [0.2, 0.25) is 10.0 Å². The van der Waals surface area contributed by atoms with Gasteiger partial charge in [-0.05, 0) is 31.2 Å². The van der Waals surface area contributed by atoms with Crippen LogP contribution in [0.3, 0.4) is 0 Å². The quantitative estimate of drug-likeness (QED) is 0.828. The average molecular weight is 392 g/mol. The van der Waals surface area contributed by atoms with Crippen LogP contribution in [0.4, 0.5) is 13.2 Å². The smallest absolute Gasteiger partial charge is 0.406 e. The van der Waals surface area contributed by atoms with Gasteiger partial charge < -0.3 is 9.84 Å². The maximum Gasteiger partial charge on any atom is 0.573 e. The highest BCUT2D eigenvalue weighted by atomic mass is 32.2. The van der Waals surface area contributed by atoms with Crippen LogP contribution in [0.1, 0.15) is 24.8 Å². The first-order valence-electron chi connectivity index (χ1n) is 7.52. The van der Waals surface area contributed by atoms with Crippen molar-refractivity contribution in [3.05, 3.63) is 36.2 Å². The average Bonchev–Trinajstić information content (AvgIpc) is 2.94. The predicted molar refractivity (Wildman–Crippen MR) is 81.6 cm³/mol. The Labute approximate surface area is 146 Å². The molecule has 1 saturated heterocycles. The summed E-state index contributed by atoms with van der Waals surface area (Å²) in [6.45, 7) is 1.83. The molecule has 12 heteroatoms. The zero-order valence-electron chi connectivity index (χ0n) is 13.5. The number of sulfonamides is 1. The van der Waals surface area contributed by atoms with E-state index in [-0.39, 0.29) is 24.0 Å². The van der Waals surface area contributed by atoms with E-state index in [1.54, 1.807) is 6.20 Å². The lowest BCUT2D eigenvalue weighted by atomic mass is 10.2. The number of hydrogen-bond acceptors (Lipinski definition) is 6. The Morgan fingerprint density at radius 2 is 1.88 bits per heavy atom. The molecule has 2 heterocycles. The van der Waals surface area contributed by atoms with Crippen LogP contribution in [0.15, 0.2) is 35.4 Å². The van der Waals surface area contributed by atoms with Gasteiger partial charge in [0.05, 0.1) is 23.2 Å². The summed E-state index contributed by atoms with van der Waals surface area (Å²) in [5, 5.41) is 17.1. The molecule has 1 aliphatic heterocycles. The molecule has 1 N–H and O–H groups in total. The molecule has 0 spiro atoms. The summed E-state index contributed by atoms with van der Waals surface area (Å²) in [5.41, 5.74) is 0.381. The highest BCUT2D eigenvalue weighted by molar-refractivity contribution is 7.89. The van der Waals surface area contributed by atoms with E-state index >= 15 is 0 Å². The van der Waals surface area contributed by atoms with Gasteiger partial charge in [-0.1, -0.05) is 5.21 Å². The summed E-state index contributed by atoms with van der Waals surface area (Å²) in [7, 11) is -3.83. The summed E-state index contributed by atoms with van der Waals surface area (Å²) in [5.74, 6) is -0.494. The molecule has 142 valence electrons. The van der Waals surface area contributed by atoms with Gasteiger partial charge in [-0.15, -0.1) is 18.3 Å². The molecule has 0 aliphatic carbocycles. The third-order valence-corrected chi connectivity index (χ3v) is 5.70. The molecule has 0 unspecified atom stereocenters. The van der Waals surface area contributed by atoms with E-state index in [2.05, 4.69) is 15.0 Å². The molecule has 1 fully saturated rings. The van der Waals surface area contributed by atoms with Gasteiger partial charge in [-0.3, -0.25) is 0 Å². The number of alkyl halides is 3. The second kappa shape index (κ2) is 6.52. The molecule has 0 saturated carbocycles. The Bertz CT molecular complexity index is 874. The first kappa shape index (κ1) is 18.6. The van der Waals surface area contributed by atoms with E-state index in [0.717, 1.165) is 24.3 Å². The van der Waals surface area contributed by atoms with Crippen LogP contribution in [-0.2, 0) is 10.0 Å². The van der Waals surface area contributed by atoms with Gasteiger partial charge in [0.1, 0.15) is 11.4 Å². The zero-order chi connectivity index (χ0) is 19.1. The van der Waals surface area contributed by atoms with Crippen molar-refractivity contribution >= 4 is 10.0 Å². The van der Waals surface area contributed by atoms with Crippen molar-refractivity contribution in [2.24, 2.45) is 0 Å². The summed E-state index contributed by atoms with van der Waals surface area (Å²) in [6, 6.07) is 3.79. The van der Waals surface area contributed by atoms with Gasteiger partial charge in [-0.25, -0.2) is 13.1 Å². The molecule has 26 heavy (non-hydrogen) atoms. The van der Waals surface area contributed by atoms with Crippen LogP contribution in [0, 0.1) is 0 Å². The highest BCUT2D eigenvalue weighted by Crippen LogP contribution is 2.30. The molecule has 0 radical (unpaired) electrons. The third-order valence-electron chi connectivity index (χ3n) is 3.85. The number of nitrogens with zero attached hydrogens (tertiary/aromatic N) is 4. The minimum Gasteiger partial charge on any atom is -0.406 e. The summed E-state index contributed by atoms with van der Waals surface area (Å²) in [6.07, 6.45) is -4.07. The highest BCUT2D eigenvalue weighted by Gasteiger charge is 2.38. The Hall–Kier alpha value is -2.18. The van der Waals surface area contributed by atoms with Gasteiger partial charge in [0, 0.05) is 13.1 Å². The SMILES string of the molecule is C[C@@H](O)c1cn(C2CN(S(=O)(=O)c3ccc(OC(F)(F)F)cc3)C2)nn1. The van der Waals surface area contributed by atoms with Gasteiger partial charge in [0.15, 0.2) is 0 Å². The van der Waals surface area contributed by atoms with Crippen molar-refractivity contribution in [1.29, 1.82) is 0 Å². The van der Waals surface area contributed by atoms with E-state index in [4.69, 9.17) is 0 Å².